The van der Waals surface area contributed by atoms with Crippen molar-refractivity contribution in [3.8, 4) is 0 Å². The van der Waals surface area contributed by atoms with E-state index in [0.29, 0.717) is 19.0 Å². The van der Waals surface area contributed by atoms with Crippen LogP contribution in [0.4, 0.5) is 0 Å². The second kappa shape index (κ2) is 5.52. The van der Waals surface area contributed by atoms with E-state index in [1.807, 2.05) is 4.90 Å². The van der Waals surface area contributed by atoms with Crippen LogP contribution in [0.3, 0.4) is 0 Å². The first-order chi connectivity index (χ1) is 8.16. The summed E-state index contributed by atoms with van der Waals surface area (Å²) in [6.45, 7) is 2.22. The molecule has 1 aliphatic carbocycles. The van der Waals surface area contributed by atoms with Gasteiger partial charge in [-0.15, -0.1) is 0 Å². The van der Waals surface area contributed by atoms with Gasteiger partial charge in [-0.3, -0.25) is 9.59 Å². The van der Waals surface area contributed by atoms with E-state index in [9.17, 15) is 9.59 Å². The van der Waals surface area contributed by atoms with Crippen molar-refractivity contribution in [2.24, 2.45) is 0 Å². The lowest BCUT2D eigenvalue weighted by molar-refractivity contribution is -0.129. The molecule has 1 heterocycles. The molecule has 0 bridgehead atoms. The molecule has 4 heteroatoms. The highest BCUT2D eigenvalue weighted by atomic mass is 16.2. The van der Waals surface area contributed by atoms with Crippen molar-refractivity contribution < 1.29 is 9.59 Å². The van der Waals surface area contributed by atoms with Crippen LogP contribution in [0.5, 0.6) is 0 Å². The molecule has 2 aliphatic rings. The maximum atomic E-state index is 12.0. The fourth-order valence-electron chi connectivity index (χ4n) is 3.04. The second-order valence-electron chi connectivity index (χ2n) is 5.29. The minimum Gasteiger partial charge on any atom is -0.351 e. The van der Waals surface area contributed by atoms with Gasteiger partial charge < -0.3 is 10.2 Å². The molecule has 2 amide bonds. The molecule has 96 valence electrons. The summed E-state index contributed by atoms with van der Waals surface area (Å²) in [4.78, 5) is 25.0. The summed E-state index contributed by atoms with van der Waals surface area (Å²) in [6, 6.07) is 0.451. The van der Waals surface area contributed by atoms with Gasteiger partial charge in [0.1, 0.15) is 0 Å². The van der Waals surface area contributed by atoms with Gasteiger partial charge in [-0.25, -0.2) is 0 Å². The number of likely N-dealkylation sites (tertiary alicyclic amines) is 1. The molecule has 1 N–H and O–H groups in total. The Morgan fingerprint density at radius 3 is 2.47 bits per heavy atom. The zero-order valence-corrected chi connectivity index (χ0v) is 10.6. The van der Waals surface area contributed by atoms with Gasteiger partial charge in [0.2, 0.25) is 11.8 Å². The number of nitrogens with one attached hydrogen (secondary N) is 1. The second-order valence-corrected chi connectivity index (χ2v) is 5.29. The number of carbonyl (C=O) groups is 2. The van der Waals surface area contributed by atoms with E-state index in [1.54, 1.807) is 0 Å². The van der Waals surface area contributed by atoms with Crippen LogP contribution in [-0.2, 0) is 9.59 Å². The smallest absolute Gasteiger partial charge is 0.225 e. The minimum absolute atomic E-state index is 0.0308. The third-order valence-electron chi connectivity index (χ3n) is 3.83. The van der Waals surface area contributed by atoms with Gasteiger partial charge in [0.05, 0.1) is 6.04 Å². The predicted molar refractivity (Wildman–Crippen MR) is 65.4 cm³/mol. The van der Waals surface area contributed by atoms with Crippen molar-refractivity contribution in [3.63, 3.8) is 0 Å². The van der Waals surface area contributed by atoms with E-state index in [1.165, 1.54) is 32.6 Å². The first-order valence-corrected chi connectivity index (χ1v) is 6.73. The summed E-state index contributed by atoms with van der Waals surface area (Å²) in [7, 11) is 0. The van der Waals surface area contributed by atoms with Gasteiger partial charge in [-0.05, 0) is 12.8 Å². The molecule has 0 aromatic carbocycles. The Balaban J connectivity index is 1.92. The minimum atomic E-state index is -0.0366. The molecule has 2 rings (SSSR count). The van der Waals surface area contributed by atoms with Gasteiger partial charge in [0.15, 0.2) is 0 Å². The van der Waals surface area contributed by atoms with Crippen LogP contribution in [0.25, 0.3) is 0 Å². The fraction of sp³-hybridized carbons (Fsp3) is 0.846. The SMILES string of the molecule is CC(=O)N[C@@H]1CC(=O)N(C2CCCCCC2)C1. The maximum absolute atomic E-state index is 12.0. The normalized spacial score (nSPS) is 27.0. The van der Waals surface area contributed by atoms with Gasteiger partial charge in [0.25, 0.3) is 0 Å². The third-order valence-corrected chi connectivity index (χ3v) is 3.83. The largest absolute Gasteiger partial charge is 0.351 e. The molecule has 0 unspecified atom stereocenters. The van der Waals surface area contributed by atoms with Crippen LogP contribution in [0.15, 0.2) is 0 Å². The van der Waals surface area contributed by atoms with Crippen molar-refractivity contribution in [1.29, 1.82) is 0 Å². The molecule has 1 saturated heterocycles. The first-order valence-electron chi connectivity index (χ1n) is 6.73. The lowest BCUT2D eigenvalue weighted by Gasteiger charge is -2.27. The summed E-state index contributed by atoms with van der Waals surface area (Å²) >= 11 is 0. The fourth-order valence-corrected chi connectivity index (χ4v) is 3.04. The Labute approximate surface area is 103 Å². The zero-order chi connectivity index (χ0) is 12.3. The van der Waals surface area contributed by atoms with Crippen LogP contribution in [0.2, 0.25) is 0 Å². The third kappa shape index (κ3) is 3.20. The number of amides is 2. The van der Waals surface area contributed by atoms with E-state index in [0.717, 1.165) is 12.8 Å². The van der Waals surface area contributed by atoms with Gasteiger partial charge in [0, 0.05) is 25.9 Å². The Kier molecular flexibility index (Phi) is 4.02. The van der Waals surface area contributed by atoms with E-state index >= 15 is 0 Å². The van der Waals surface area contributed by atoms with Crippen LogP contribution in [0.1, 0.15) is 51.9 Å². The highest BCUT2D eigenvalue weighted by Crippen LogP contribution is 2.25. The summed E-state index contributed by atoms with van der Waals surface area (Å²) in [5.41, 5.74) is 0. The van der Waals surface area contributed by atoms with Crippen molar-refractivity contribution in [3.05, 3.63) is 0 Å². The highest BCUT2D eigenvalue weighted by molar-refractivity contribution is 5.81. The topological polar surface area (TPSA) is 49.4 Å². The molecule has 1 saturated carbocycles. The molecule has 1 aliphatic heterocycles. The van der Waals surface area contributed by atoms with E-state index in [-0.39, 0.29) is 17.9 Å². The average molecular weight is 238 g/mol. The lowest BCUT2D eigenvalue weighted by Crippen LogP contribution is -2.39. The Morgan fingerprint density at radius 1 is 1.24 bits per heavy atom. The van der Waals surface area contributed by atoms with E-state index in [4.69, 9.17) is 0 Å². The van der Waals surface area contributed by atoms with Gasteiger partial charge in [-0.2, -0.15) is 0 Å². The molecular weight excluding hydrogens is 216 g/mol. The number of rotatable bonds is 2. The zero-order valence-electron chi connectivity index (χ0n) is 10.6. The number of carbonyl (C=O) groups excluding carboxylic acids is 2. The number of hydrogen-bond acceptors (Lipinski definition) is 2. The molecule has 0 radical (unpaired) electrons. The summed E-state index contributed by atoms with van der Waals surface area (Å²) in [6.07, 6.45) is 7.83. The highest BCUT2D eigenvalue weighted by Gasteiger charge is 2.34. The first kappa shape index (κ1) is 12.4. The van der Waals surface area contributed by atoms with E-state index in [2.05, 4.69) is 5.32 Å². The summed E-state index contributed by atoms with van der Waals surface area (Å²) < 4.78 is 0. The van der Waals surface area contributed by atoms with Gasteiger partial charge in [-0.1, -0.05) is 25.7 Å². The molecule has 1 atom stereocenters. The molecule has 0 aromatic rings. The van der Waals surface area contributed by atoms with Crippen LogP contribution >= 0.6 is 0 Å². The lowest BCUT2D eigenvalue weighted by atomic mass is 10.1. The van der Waals surface area contributed by atoms with Crippen molar-refractivity contribution in [2.45, 2.75) is 64.0 Å². The monoisotopic (exact) mass is 238 g/mol. The summed E-state index contributed by atoms with van der Waals surface area (Å²) in [5, 5.41) is 2.86. The molecule has 2 fully saturated rings. The van der Waals surface area contributed by atoms with Crippen molar-refractivity contribution in [2.75, 3.05) is 6.54 Å². The molecule has 0 aromatic heterocycles. The molecule has 17 heavy (non-hydrogen) atoms. The predicted octanol–water partition coefficient (Wildman–Crippen LogP) is 1.45. The Hall–Kier alpha value is -1.06. The quantitative estimate of drug-likeness (QED) is 0.740. The van der Waals surface area contributed by atoms with Crippen molar-refractivity contribution >= 4 is 11.8 Å². The standard InChI is InChI=1S/C13H22N2O2/c1-10(16)14-11-8-13(17)15(9-11)12-6-4-2-3-5-7-12/h11-12H,2-9H2,1H3,(H,14,16)/t11-/m1/s1. The molecular formula is C13H22N2O2. The van der Waals surface area contributed by atoms with Gasteiger partial charge >= 0.3 is 0 Å². The van der Waals surface area contributed by atoms with Crippen LogP contribution in [0, 0.1) is 0 Å². The van der Waals surface area contributed by atoms with Crippen molar-refractivity contribution in [1.82, 2.24) is 10.2 Å². The molecule has 4 nitrogen and oxygen atoms in total. The average Bonchev–Trinajstić information content (AvgIpc) is 2.52. The Bertz CT molecular complexity index is 296. The molecule has 0 spiro atoms. The summed E-state index contributed by atoms with van der Waals surface area (Å²) in [5.74, 6) is 0.182. The van der Waals surface area contributed by atoms with E-state index < -0.39 is 0 Å². The van der Waals surface area contributed by atoms with Crippen LogP contribution in [-0.4, -0.2) is 35.3 Å². The maximum Gasteiger partial charge on any atom is 0.225 e. The number of nitrogens with zero attached hydrogens (tertiary/aromatic N) is 1. The Morgan fingerprint density at radius 2 is 1.88 bits per heavy atom. The van der Waals surface area contributed by atoms with Crippen LogP contribution < -0.4 is 5.32 Å². The number of hydrogen-bond donors (Lipinski definition) is 1.